The second kappa shape index (κ2) is 49.1. The predicted molar refractivity (Wildman–Crippen MR) is 268 cm³/mol. The van der Waals surface area contributed by atoms with Crippen LogP contribution < -0.4 is 5.32 Å². The van der Waals surface area contributed by atoms with E-state index in [-0.39, 0.29) is 24.9 Å². The number of carbonyl (C=O) groups excluding carboxylic acids is 2. The molecule has 0 heterocycles. The zero-order valence-corrected chi connectivity index (χ0v) is 40.5. The van der Waals surface area contributed by atoms with E-state index in [0.717, 1.165) is 103 Å². The first-order valence-electron chi connectivity index (χ1n) is 25.9. The summed E-state index contributed by atoms with van der Waals surface area (Å²) >= 11 is 0. The van der Waals surface area contributed by atoms with Crippen LogP contribution in [0.25, 0.3) is 0 Å². The molecule has 0 radical (unpaired) electrons. The van der Waals surface area contributed by atoms with Crippen LogP contribution in [-0.2, 0) is 14.3 Å². The topological polar surface area (TPSA) is 95.9 Å². The SMILES string of the molecule is CC/C=C/C=C/C=C\C=C/CCCCCC(=O)OC(CCCCCC/C=C/C/C=C/C/C=C/CC)CC(=O)NC(CO)C(O)CCCCCCCCCCCCCCCCCC. The molecule has 0 saturated carbocycles. The van der Waals surface area contributed by atoms with Crippen LogP contribution in [0.15, 0.2) is 85.1 Å². The van der Waals surface area contributed by atoms with Gasteiger partial charge in [0.25, 0.3) is 0 Å². The lowest BCUT2D eigenvalue weighted by molar-refractivity contribution is -0.151. The first-order valence-corrected chi connectivity index (χ1v) is 25.9. The highest BCUT2D eigenvalue weighted by atomic mass is 16.5. The number of nitrogens with one attached hydrogen (secondary N) is 1. The highest BCUT2D eigenvalue weighted by Gasteiger charge is 2.24. The van der Waals surface area contributed by atoms with E-state index in [2.05, 4.69) is 80.8 Å². The number of ether oxygens (including phenoxy) is 1. The molecule has 0 aromatic rings. The van der Waals surface area contributed by atoms with E-state index in [0.29, 0.717) is 19.3 Å². The van der Waals surface area contributed by atoms with Crippen LogP contribution in [0.3, 0.4) is 0 Å². The Morgan fingerprint density at radius 3 is 1.52 bits per heavy atom. The van der Waals surface area contributed by atoms with Gasteiger partial charge in [0, 0.05) is 6.42 Å². The molecule has 3 N–H and O–H groups in total. The molecule has 62 heavy (non-hydrogen) atoms. The van der Waals surface area contributed by atoms with Gasteiger partial charge in [0.2, 0.25) is 5.91 Å². The number of carbonyl (C=O) groups is 2. The van der Waals surface area contributed by atoms with Crippen LogP contribution in [0.4, 0.5) is 0 Å². The molecule has 0 bridgehead atoms. The monoisotopic (exact) mass is 864 g/mol. The van der Waals surface area contributed by atoms with Crippen molar-refractivity contribution in [2.45, 2.75) is 251 Å². The van der Waals surface area contributed by atoms with Crippen LogP contribution in [-0.4, -0.2) is 46.9 Å². The smallest absolute Gasteiger partial charge is 0.306 e. The standard InChI is InChI=1S/C56H97NO5/c1-4-7-10-13-16-19-22-25-27-28-31-33-36-39-42-45-48-54(59)53(51-58)57-55(60)50-52(47-44-41-38-35-32-30-26-23-20-17-14-11-8-5-2)62-56(61)49-46-43-40-37-34-29-24-21-18-15-12-9-6-3/h8-9,11-12,15,17-18,20-21,24,26,29-30,34,52-54,58-59H,4-7,10,13-14,16,19,22-23,25,27-28,31-33,35-51H2,1-3H3,(H,57,60)/b11-8+,12-9+,18-15+,20-17+,24-21-,30-26+,34-29-. The van der Waals surface area contributed by atoms with E-state index in [4.69, 9.17) is 4.74 Å². The third kappa shape index (κ3) is 43.7. The number of allylic oxidation sites excluding steroid dienone is 14. The average molecular weight is 864 g/mol. The third-order valence-electron chi connectivity index (χ3n) is 11.3. The molecule has 6 nitrogen and oxygen atoms in total. The Kier molecular flexibility index (Phi) is 46.7. The van der Waals surface area contributed by atoms with E-state index in [1.165, 1.54) is 83.5 Å². The molecule has 0 aromatic carbocycles. The molecule has 356 valence electrons. The van der Waals surface area contributed by atoms with E-state index < -0.39 is 18.2 Å². The van der Waals surface area contributed by atoms with Gasteiger partial charge < -0.3 is 20.3 Å². The van der Waals surface area contributed by atoms with Crippen molar-refractivity contribution in [3.8, 4) is 0 Å². The lowest BCUT2D eigenvalue weighted by Crippen LogP contribution is -2.46. The number of aliphatic hydroxyl groups excluding tert-OH is 2. The van der Waals surface area contributed by atoms with E-state index in [1.807, 2.05) is 30.4 Å². The molecule has 0 spiro atoms. The molecule has 0 aliphatic heterocycles. The summed E-state index contributed by atoms with van der Waals surface area (Å²) in [7, 11) is 0. The molecule has 0 rings (SSSR count). The van der Waals surface area contributed by atoms with Crippen LogP contribution in [0.1, 0.15) is 233 Å². The summed E-state index contributed by atoms with van der Waals surface area (Å²) in [6.07, 6.45) is 63.6. The van der Waals surface area contributed by atoms with Crippen molar-refractivity contribution in [2.75, 3.05) is 6.61 Å². The van der Waals surface area contributed by atoms with E-state index in [1.54, 1.807) is 0 Å². The van der Waals surface area contributed by atoms with Crippen molar-refractivity contribution in [1.82, 2.24) is 5.32 Å². The molecular weight excluding hydrogens is 767 g/mol. The first-order chi connectivity index (χ1) is 30.5. The van der Waals surface area contributed by atoms with Gasteiger partial charge in [-0.15, -0.1) is 0 Å². The summed E-state index contributed by atoms with van der Waals surface area (Å²) in [6.45, 7) is 6.22. The number of unbranched alkanes of at least 4 members (excludes halogenated alkanes) is 22. The molecule has 0 aliphatic carbocycles. The Morgan fingerprint density at radius 1 is 0.500 bits per heavy atom. The maximum Gasteiger partial charge on any atom is 0.306 e. The summed E-state index contributed by atoms with van der Waals surface area (Å²) in [5, 5.41) is 23.8. The molecule has 1 amide bonds. The maximum absolute atomic E-state index is 13.2. The molecule has 0 aliphatic rings. The summed E-state index contributed by atoms with van der Waals surface area (Å²) in [6, 6.07) is -0.722. The fourth-order valence-electron chi connectivity index (χ4n) is 7.45. The Bertz CT molecular complexity index is 1200. The second-order valence-corrected chi connectivity index (χ2v) is 17.3. The van der Waals surface area contributed by atoms with Crippen LogP contribution in [0.5, 0.6) is 0 Å². The summed E-state index contributed by atoms with van der Waals surface area (Å²) in [4.78, 5) is 26.1. The van der Waals surface area contributed by atoms with Crippen LogP contribution >= 0.6 is 0 Å². The van der Waals surface area contributed by atoms with Gasteiger partial charge in [-0.1, -0.05) is 228 Å². The van der Waals surface area contributed by atoms with Gasteiger partial charge in [0.15, 0.2) is 0 Å². The number of esters is 1. The van der Waals surface area contributed by atoms with Crippen molar-refractivity contribution in [3.05, 3.63) is 85.1 Å². The highest BCUT2D eigenvalue weighted by Crippen LogP contribution is 2.17. The summed E-state index contributed by atoms with van der Waals surface area (Å²) < 4.78 is 5.90. The van der Waals surface area contributed by atoms with Gasteiger partial charge in [0.05, 0.1) is 25.2 Å². The second-order valence-electron chi connectivity index (χ2n) is 17.3. The zero-order valence-electron chi connectivity index (χ0n) is 40.5. The van der Waals surface area contributed by atoms with Gasteiger partial charge >= 0.3 is 5.97 Å². The molecule has 6 heteroatoms. The van der Waals surface area contributed by atoms with Crippen molar-refractivity contribution >= 4 is 11.9 Å². The highest BCUT2D eigenvalue weighted by molar-refractivity contribution is 5.77. The quantitative estimate of drug-likeness (QED) is 0.0245. The van der Waals surface area contributed by atoms with Gasteiger partial charge in [-0.05, 0) is 77.0 Å². The minimum Gasteiger partial charge on any atom is -0.462 e. The average Bonchev–Trinajstić information content (AvgIpc) is 3.26. The van der Waals surface area contributed by atoms with Gasteiger partial charge in [-0.25, -0.2) is 0 Å². The molecule has 0 saturated heterocycles. The minimum absolute atomic E-state index is 0.0426. The molecule has 3 atom stereocenters. The van der Waals surface area contributed by atoms with E-state index >= 15 is 0 Å². The molecule has 0 fully saturated rings. The minimum atomic E-state index is -0.805. The van der Waals surface area contributed by atoms with Gasteiger partial charge in [0.1, 0.15) is 6.10 Å². The number of hydrogen-bond acceptors (Lipinski definition) is 5. The first kappa shape index (κ1) is 59.0. The normalized spacial score (nSPS) is 14.0. The Balaban J connectivity index is 4.64. The third-order valence-corrected chi connectivity index (χ3v) is 11.3. The van der Waals surface area contributed by atoms with Crippen LogP contribution in [0.2, 0.25) is 0 Å². The Hall–Kier alpha value is -2.96. The Morgan fingerprint density at radius 2 is 0.952 bits per heavy atom. The number of aliphatic hydroxyl groups is 2. The largest absolute Gasteiger partial charge is 0.462 e. The predicted octanol–water partition coefficient (Wildman–Crippen LogP) is 15.6. The fraction of sp³-hybridized carbons (Fsp3) is 0.714. The summed E-state index contributed by atoms with van der Waals surface area (Å²) in [5.74, 6) is -0.546. The van der Waals surface area contributed by atoms with Crippen molar-refractivity contribution < 1.29 is 24.5 Å². The van der Waals surface area contributed by atoms with Gasteiger partial charge in [-0.2, -0.15) is 0 Å². The fourth-order valence-corrected chi connectivity index (χ4v) is 7.45. The van der Waals surface area contributed by atoms with Gasteiger partial charge in [-0.3, -0.25) is 9.59 Å². The van der Waals surface area contributed by atoms with Crippen molar-refractivity contribution in [1.29, 1.82) is 0 Å². The summed E-state index contributed by atoms with van der Waals surface area (Å²) in [5.41, 5.74) is 0. The molecular formula is C56H97NO5. The lowest BCUT2D eigenvalue weighted by atomic mass is 10.0. The lowest BCUT2D eigenvalue weighted by Gasteiger charge is -2.24. The van der Waals surface area contributed by atoms with E-state index in [9.17, 15) is 19.8 Å². The van der Waals surface area contributed by atoms with Crippen molar-refractivity contribution in [2.24, 2.45) is 0 Å². The molecule has 3 unspecified atom stereocenters. The molecule has 0 aromatic heterocycles. The van der Waals surface area contributed by atoms with Crippen molar-refractivity contribution in [3.63, 3.8) is 0 Å². The number of rotatable bonds is 45. The maximum atomic E-state index is 13.2. The number of amides is 1. The Labute approximate surface area is 383 Å². The number of hydrogen-bond donors (Lipinski definition) is 3. The zero-order chi connectivity index (χ0) is 45.2. The van der Waals surface area contributed by atoms with Crippen LogP contribution in [0, 0.1) is 0 Å².